The van der Waals surface area contributed by atoms with Gasteiger partial charge in [0.15, 0.2) is 0 Å². The van der Waals surface area contributed by atoms with Crippen molar-refractivity contribution >= 4 is 0 Å². The van der Waals surface area contributed by atoms with Crippen molar-refractivity contribution < 1.29 is 5.11 Å². The smallest absolute Gasteiger partial charge is 0.0969 e. The van der Waals surface area contributed by atoms with E-state index >= 15 is 0 Å². The summed E-state index contributed by atoms with van der Waals surface area (Å²) in [6, 6.07) is 18.2. The topological polar surface area (TPSA) is 63.0 Å². The summed E-state index contributed by atoms with van der Waals surface area (Å²) in [4.78, 5) is 1.63. The van der Waals surface area contributed by atoms with Crippen LogP contribution < -0.4 is 5.32 Å². The molecule has 0 radical (unpaired) electrons. The maximum absolute atomic E-state index is 10.0. The minimum Gasteiger partial charge on any atom is -0.394 e. The Labute approximate surface area is 141 Å². The molecule has 0 fully saturated rings. The molecule has 1 aliphatic rings. The van der Waals surface area contributed by atoms with E-state index in [9.17, 15) is 5.11 Å². The number of nitrogens with one attached hydrogen (secondary N) is 1. The maximum atomic E-state index is 10.0. The van der Waals surface area contributed by atoms with Crippen LogP contribution in [-0.2, 0) is 18.5 Å². The molecule has 1 heterocycles. The van der Waals surface area contributed by atoms with Gasteiger partial charge >= 0.3 is 0 Å². The Bertz CT molecular complexity index is 830. The third-order valence-corrected chi connectivity index (χ3v) is 4.76. The van der Waals surface area contributed by atoms with Crippen molar-refractivity contribution in [3.8, 4) is 5.69 Å². The number of para-hydroxylation sites is 1. The lowest BCUT2D eigenvalue weighted by Gasteiger charge is -2.29. The molecule has 0 spiro atoms. The molecule has 1 unspecified atom stereocenters. The second-order valence-electron chi connectivity index (χ2n) is 6.21. The molecule has 0 saturated carbocycles. The fraction of sp³-hybridized carbons (Fsp3) is 0.263. The zero-order chi connectivity index (χ0) is 16.4. The van der Waals surface area contributed by atoms with Crippen molar-refractivity contribution in [1.29, 1.82) is 0 Å². The number of aromatic nitrogens is 3. The molecule has 0 bridgehead atoms. The fourth-order valence-corrected chi connectivity index (χ4v) is 3.41. The first-order valence-corrected chi connectivity index (χ1v) is 8.22. The van der Waals surface area contributed by atoms with Gasteiger partial charge in [-0.2, -0.15) is 15.0 Å². The monoisotopic (exact) mass is 320 g/mol. The summed E-state index contributed by atoms with van der Waals surface area (Å²) < 4.78 is 0. The van der Waals surface area contributed by atoms with E-state index in [0.717, 1.165) is 24.2 Å². The number of hydrogen-bond acceptors (Lipinski definition) is 4. The Morgan fingerprint density at radius 1 is 1.08 bits per heavy atom. The summed E-state index contributed by atoms with van der Waals surface area (Å²) in [6.07, 6.45) is 3.65. The molecule has 0 saturated heterocycles. The first-order valence-electron chi connectivity index (χ1n) is 8.22. The molecule has 2 aromatic carbocycles. The summed E-state index contributed by atoms with van der Waals surface area (Å²) >= 11 is 0. The van der Waals surface area contributed by atoms with Crippen molar-refractivity contribution in [3.05, 3.63) is 77.6 Å². The Morgan fingerprint density at radius 2 is 1.88 bits per heavy atom. The minimum atomic E-state index is -0.382. The average Bonchev–Trinajstić information content (AvgIpc) is 3.26. The van der Waals surface area contributed by atoms with Gasteiger partial charge in [0.1, 0.15) is 0 Å². The Morgan fingerprint density at radius 3 is 2.71 bits per heavy atom. The van der Waals surface area contributed by atoms with Crippen molar-refractivity contribution in [2.24, 2.45) is 0 Å². The van der Waals surface area contributed by atoms with Crippen molar-refractivity contribution in [3.63, 3.8) is 0 Å². The molecule has 0 aliphatic heterocycles. The molecule has 4 rings (SSSR count). The van der Waals surface area contributed by atoms with E-state index < -0.39 is 0 Å². The van der Waals surface area contributed by atoms with Crippen LogP contribution in [-0.4, -0.2) is 26.7 Å². The highest BCUT2D eigenvalue weighted by Gasteiger charge is 2.37. The molecule has 1 atom stereocenters. The van der Waals surface area contributed by atoms with E-state index in [4.69, 9.17) is 0 Å². The SMILES string of the molecule is OCC1(NCc2cnn(-c3ccccc3)n2)CCc2ccccc21. The van der Waals surface area contributed by atoms with E-state index in [1.54, 1.807) is 11.0 Å². The Kier molecular flexibility index (Phi) is 3.88. The number of nitrogens with zero attached hydrogens (tertiary/aromatic N) is 3. The first-order chi connectivity index (χ1) is 11.8. The molecule has 2 N–H and O–H groups in total. The van der Waals surface area contributed by atoms with Crippen LogP contribution in [0.15, 0.2) is 60.8 Å². The second-order valence-corrected chi connectivity index (χ2v) is 6.21. The number of aliphatic hydroxyl groups is 1. The van der Waals surface area contributed by atoms with Gasteiger partial charge in [-0.05, 0) is 36.1 Å². The third-order valence-electron chi connectivity index (χ3n) is 4.76. The number of hydrogen-bond donors (Lipinski definition) is 2. The van der Waals surface area contributed by atoms with Gasteiger partial charge in [-0.3, -0.25) is 5.32 Å². The van der Waals surface area contributed by atoms with Crippen LogP contribution in [0.1, 0.15) is 23.2 Å². The van der Waals surface area contributed by atoms with Crippen LogP contribution in [0.3, 0.4) is 0 Å². The molecule has 0 amide bonds. The molecule has 5 nitrogen and oxygen atoms in total. The highest BCUT2D eigenvalue weighted by Crippen LogP contribution is 2.36. The Hall–Kier alpha value is -2.50. The lowest BCUT2D eigenvalue weighted by Crippen LogP contribution is -2.43. The van der Waals surface area contributed by atoms with Gasteiger partial charge in [0, 0.05) is 6.54 Å². The van der Waals surface area contributed by atoms with Gasteiger partial charge in [-0.25, -0.2) is 0 Å². The van der Waals surface area contributed by atoms with Gasteiger partial charge in [0.05, 0.1) is 29.7 Å². The van der Waals surface area contributed by atoms with Gasteiger partial charge in [0.2, 0.25) is 0 Å². The lowest BCUT2D eigenvalue weighted by molar-refractivity contribution is 0.158. The molecule has 3 aromatic rings. The number of aliphatic hydroxyl groups excluding tert-OH is 1. The molecular formula is C19H20N4O. The Balaban J connectivity index is 1.52. The van der Waals surface area contributed by atoms with Crippen LogP contribution >= 0.6 is 0 Å². The van der Waals surface area contributed by atoms with Gasteiger partial charge in [-0.15, -0.1) is 0 Å². The van der Waals surface area contributed by atoms with Crippen LogP contribution in [0.4, 0.5) is 0 Å². The van der Waals surface area contributed by atoms with E-state index in [1.165, 1.54) is 11.1 Å². The predicted molar refractivity (Wildman–Crippen MR) is 91.7 cm³/mol. The minimum absolute atomic E-state index is 0.0802. The average molecular weight is 320 g/mol. The van der Waals surface area contributed by atoms with E-state index in [2.05, 4.69) is 33.7 Å². The molecule has 5 heteroatoms. The predicted octanol–water partition coefficient (Wildman–Crippen LogP) is 2.19. The molecule has 1 aliphatic carbocycles. The van der Waals surface area contributed by atoms with Gasteiger partial charge < -0.3 is 5.11 Å². The second kappa shape index (κ2) is 6.19. The molecule has 1 aromatic heterocycles. The highest BCUT2D eigenvalue weighted by atomic mass is 16.3. The van der Waals surface area contributed by atoms with Crippen LogP contribution in [0.5, 0.6) is 0 Å². The van der Waals surface area contributed by atoms with E-state index in [1.807, 2.05) is 36.4 Å². The molecule has 24 heavy (non-hydrogen) atoms. The lowest BCUT2D eigenvalue weighted by atomic mass is 9.92. The number of benzene rings is 2. The fourth-order valence-electron chi connectivity index (χ4n) is 3.41. The summed E-state index contributed by atoms with van der Waals surface area (Å²) in [6.45, 7) is 0.651. The number of fused-ring (bicyclic) bond motifs is 1. The summed E-state index contributed by atoms with van der Waals surface area (Å²) in [5.74, 6) is 0. The maximum Gasteiger partial charge on any atom is 0.0969 e. The normalized spacial score (nSPS) is 19.4. The van der Waals surface area contributed by atoms with Crippen LogP contribution in [0, 0.1) is 0 Å². The van der Waals surface area contributed by atoms with Crippen molar-refractivity contribution in [2.45, 2.75) is 24.9 Å². The number of aryl methyl sites for hydroxylation is 1. The molecule has 122 valence electrons. The zero-order valence-electron chi connectivity index (χ0n) is 13.4. The van der Waals surface area contributed by atoms with E-state index in [0.29, 0.717) is 6.54 Å². The summed E-state index contributed by atoms with van der Waals surface area (Å²) in [5, 5.41) is 22.4. The quantitative estimate of drug-likeness (QED) is 0.756. The largest absolute Gasteiger partial charge is 0.394 e. The third kappa shape index (κ3) is 2.62. The van der Waals surface area contributed by atoms with Gasteiger partial charge in [0.25, 0.3) is 0 Å². The van der Waals surface area contributed by atoms with E-state index in [-0.39, 0.29) is 12.1 Å². The summed E-state index contributed by atoms with van der Waals surface area (Å²) in [7, 11) is 0. The van der Waals surface area contributed by atoms with Crippen LogP contribution in [0.2, 0.25) is 0 Å². The van der Waals surface area contributed by atoms with Crippen LogP contribution in [0.25, 0.3) is 5.69 Å². The van der Waals surface area contributed by atoms with Crippen molar-refractivity contribution in [2.75, 3.05) is 6.61 Å². The zero-order valence-corrected chi connectivity index (χ0v) is 13.4. The number of rotatable bonds is 5. The summed E-state index contributed by atoms with van der Waals surface area (Å²) in [5.41, 5.74) is 3.92. The standard InChI is InChI=1S/C19H20N4O/c24-14-19(11-10-15-6-4-5-9-18(15)19)20-12-16-13-21-23(22-16)17-7-2-1-3-8-17/h1-9,13,20,24H,10-12,14H2. The molecular weight excluding hydrogens is 300 g/mol. The first kappa shape index (κ1) is 15.1. The van der Waals surface area contributed by atoms with Gasteiger partial charge in [-0.1, -0.05) is 42.5 Å². The van der Waals surface area contributed by atoms with Crippen molar-refractivity contribution in [1.82, 2.24) is 20.3 Å². The highest BCUT2D eigenvalue weighted by molar-refractivity contribution is 5.39.